The largest absolute Gasteiger partial charge is 0.382 e. The second-order valence-electron chi connectivity index (χ2n) is 6.70. The van der Waals surface area contributed by atoms with E-state index in [0.29, 0.717) is 16.9 Å². The Balaban J connectivity index is 1.71. The van der Waals surface area contributed by atoms with Gasteiger partial charge in [0.1, 0.15) is 12.2 Å². The molecule has 0 spiro atoms. The van der Waals surface area contributed by atoms with Gasteiger partial charge in [-0.25, -0.2) is 9.98 Å². The Labute approximate surface area is 177 Å². The summed E-state index contributed by atoms with van der Waals surface area (Å²) < 4.78 is 7.09. The number of methoxy groups -OCH3 is 1. The number of allylic oxidation sites excluding steroid dienone is 1. The highest BCUT2D eigenvalue weighted by Crippen LogP contribution is 2.25. The second-order valence-corrected chi connectivity index (χ2v) is 6.97. The van der Waals surface area contributed by atoms with E-state index in [0.717, 1.165) is 24.2 Å². The van der Waals surface area contributed by atoms with Crippen LogP contribution in [0.2, 0.25) is 0 Å². The number of nitrogen functional groups attached to an aromatic ring is 1. The lowest BCUT2D eigenvalue weighted by Crippen LogP contribution is -2.14. The van der Waals surface area contributed by atoms with E-state index in [9.17, 15) is 4.79 Å². The van der Waals surface area contributed by atoms with Gasteiger partial charge in [-0.1, -0.05) is 12.1 Å². The van der Waals surface area contributed by atoms with Gasteiger partial charge in [-0.3, -0.25) is 9.36 Å². The first kappa shape index (κ1) is 20.0. The lowest BCUT2D eigenvalue weighted by atomic mass is 10.0. The number of carbonyl (C=O) groups is 1. The summed E-state index contributed by atoms with van der Waals surface area (Å²) in [6.07, 6.45) is 7.21. The molecule has 1 amide bonds. The van der Waals surface area contributed by atoms with Crippen LogP contribution < -0.4 is 11.1 Å². The number of aromatic nitrogens is 4. The predicted octanol–water partition coefficient (Wildman–Crippen LogP) is 3.01. The number of hydrogen-bond donors (Lipinski definition) is 2. The molecule has 2 aromatic heterocycles. The van der Waals surface area contributed by atoms with Crippen LogP contribution in [0.15, 0.2) is 47.7 Å². The molecule has 10 heteroatoms. The van der Waals surface area contributed by atoms with E-state index in [4.69, 9.17) is 22.1 Å². The van der Waals surface area contributed by atoms with Crippen molar-refractivity contribution in [2.45, 2.75) is 18.9 Å². The summed E-state index contributed by atoms with van der Waals surface area (Å²) in [5.74, 6) is 0.110. The molecular formula is C20H20ClN7O2. The van der Waals surface area contributed by atoms with E-state index in [1.54, 1.807) is 30.1 Å². The molecule has 0 radical (unpaired) electrons. The number of amides is 1. The van der Waals surface area contributed by atoms with Crippen molar-refractivity contribution in [1.29, 1.82) is 0 Å². The van der Waals surface area contributed by atoms with Gasteiger partial charge < -0.3 is 15.8 Å². The number of nitrogens with one attached hydrogen (secondary N) is 1. The predicted molar refractivity (Wildman–Crippen MR) is 117 cm³/mol. The first-order valence-corrected chi connectivity index (χ1v) is 9.86. The molecule has 0 bridgehead atoms. The molecule has 0 saturated heterocycles. The molecule has 0 fully saturated rings. The lowest BCUT2D eigenvalue weighted by molar-refractivity contribution is -0.113. The molecule has 0 aliphatic heterocycles. The molecule has 2 heterocycles. The van der Waals surface area contributed by atoms with Crippen molar-refractivity contribution in [1.82, 2.24) is 19.5 Å². The van der Waals surface area contributed by atoms with Gasteiger partial charge in [0.15, 0.2) is 17.0 Å². The van der Waals surface area contributed by atoms with Crippen LogP contribution in [0.4, 0.5) is 17.5 Å². The number of ether oxygens (including phenoxy) is 1. The third-order valence-electron chi connectivity index (χ3n) is 4.68. The van der Waals surface area contributed by atoms with Gasteiger partial charge in [0.25, 0.3) is 5.95 Å². The maximum absolute atomic E-state index is 11.6. The Hall–Kier alpha value is -3.30. The normalized spacial score (nSPS) is 17.5. The Morgan fingerprint density at radius 3 is 3.03 bits per heavy atom. The van der Waals surface area contributed by atoms with Crippen molar-refractivity contribution in [2.24, 2.45) is 4.99 Å². The average molecular weight is 426 g/mol. The lowest BCUT2D eigenvalue weighted by Gasteiger charge is -2.15. The molecule has 4 rings (SSSR count). The van der Waals surface area contributed by atoms with Gasteiger partial charge >= 0.3 is 0 Å². The zero-order valence-corrected chi connectivity index (χ0v) is 17.0. The minimum Gasteiger partial charge on any atom is -0.382 e. The Morgan fingerprint density at radius 1 is 1.43 bits per heavy atom. The number of halogens is 1. The third kappa shape index (κ3) is 4.17. The summed E-state index contributed by atoms with van der Waals surface area (Å²) >= 11 is 5.57. The molecule has 1 aromatic carbocycles. The molecule has 0 saturated carbocycles. The number of imidazole rings is 1. The second kappa shape index (κ2) is 8.60. The maximum atomic E-state index is 11.6. The van der Waals surface area contributed by atoms with Crippen LogP contribution in [0.5, 0.6) is 0 Å². The molecule has 3 N–H and O–H groups in total. The zero-order chi connectivity index (χ0) is 21.1. The summed E-state index contributed by atoms with van der Waals surface area (Å²) in [4.78, 5) is 29.3. The number of anilines is 2. The summed E-state index contributed by atoms with van der Waals surface area (Å²) in [6.45, 7) is 0. The summed E-state index contributed by atoms with van der Waals surface area (Å²) in [5, 5.41) is 2.73. The Bertz CT molecular complexity index is 1160. The molecule has 1 unspecified atom stereocenters. The van der Waals surface area contributed by atoms with Crippen LogP contribution in [0, 0.1) is 0 Å². The summed E-state index contributed by atoms with van der Waals surface area (Å²) in [5.41, 5.74) is 9.34. The maximum Gasteiger partial charge on any atom is 0.253 e. The monoisotopic (exact) mass is 425 g/mol. The van der Waals surface area contributed by atoms with Gasteiger partial charge in [-0.2, -0.15) is 9.97 Å². The average Bonchev–Trinajstić information content (AvgIpc) is 3.19. The van der Waals surface area contributed by atoms with Crippen LogP contribution in [0.1, 0.15) is 12.8 Å². The van der Waals surface area contributed by atoms with E-state index >= 15 is 0 Å². The molecule has 1 aliphatic rings. The number of aliphatic imine (C=N–C) groups is 1. The number of carbonyl (C=O) groups excluding carboxylic acids is 1. The van der Waals surface area contributed by atoms with E-state index < -0.39 is 0 Å². The number of rotatable bonds is 5. The van der Waals surface area contributed by atoms with Crippen molar-refractivity contribution >= 4 is 51.8 Å². The van der Waals surface area contributed by atoms with Crippen molar-refractivity contribution in [3.05, 3.63) is 42.7 Å². The van der Waals surface area contributed by atoms with E-state index in [-0.39, 0.29) is 29.7 Å². The van der Waals surface area contributed by atoms with Gasteiger partial charge in [-0.15, -0.1) is 11.6 Å². The van der Waals surface area contributed by atoms with Crippen LogP contribution >= 0.6 is 11.6 Å². The van der Waals surface area contributed by atoms with Gasteiger partial charge in [-0.05, 0) is 37.1 Å². The fraction of sp³-hybridized carbons (Fsp3) is 0.250. The molecule has 154 valence electrons. The standard InChI is InChI=1S/C20H20ClN7O2/c1-30-15-7-5-12(6-8-15)25-20-26-18(22)17-19(27-20)28(11-23-17)14-4-2-3-13(9-14)24-16(29)10-21/h2-5,7,9,11,15H,6,8,10H2,1H3,(H,24,29)(H2,22,26,27). The number of benzene rings is 1. The summed E-state index contributed by atoms with van der Waals surface area (Å²) in [6, 6.07) is 7.26. The van der Waals surface area contributed by atoms with E-state index in [1.165, 1.54) is 0 Å². The van der Waals surface area contributed by atoms with Gasteiger partial charge in [0.2, 0.25) is 5.91 Å². The van der Waals surface area contributed by atoms with Crippen molar-refractivity contribution in [3.63, 3.8) is 0 Å². The molecule has 3 aromatic rings. The first-order chi connectivity index (χ1) is 14.6. The van der Waals surface area contributed by atoms with Gasteiger partial charge in [0.05, 0.1) is 11.8 Å². The van der Waals surface area contributed by atoms with Crippen molar-refractivity contribution in [3.8, 4) is 5.69 Å². The number of hydrogen-bond acceptors (Lipinski definition) is 7. The highest BCUT2D eigenvalue weighted by molar-refractivity contribution is 6.29. The van der Waals surface area contributed by atoms with E-state index in [2.05, 4.69) is 25.3 Å². The van der Waals surface area contributed by atoms with Crippen LogP contribution in [0.3, 0.4) is 0 Å². The first-order valence-electron chi connectivity index (χ1n) is 9.32. The number of fused-ring (bicyclic) bond motifs is 1. The zero-order valence-electron chi connectivity index (χ0n) is 16.2. The van der Waals surface area contributed by atoms with Crippen LogP contribution in [0.25, 0.3) is 16.9 Å². The van der Waals surface area contributed by atoms with Gasteiger partial charge in [0, 0.05) is 18.5 Å². The number of nitrogens with zero attached hydrogens (tertiary/aromatic N) is 5. The smallest absolute Gasteiger partial charge is 0.253 e. The molecule has 30 heavy (non-hydrogen) atoms. The Kier molecular flexibility index (Phi) is 5.73. The fourth-order valence-corrected chi connectivity index (χ4v) is 3.25. The van der Waals surface area contributed by atoms with Crippen molar-refractivity contribution < 1.29 is 9.53 Å². The minimum atomic E-state index is -0.287. The number of nitrogens with two attached hydrogens (primary N) is 1. The quantitative estimate of drug-likeness (QED) is 0.606. The molecule has 1 atom stereocenters. The summed E-state index contributed by atoms with van der Waals surface area (Å²) in [7, 11) is 1.69. The van der Waals surface area contributed by atoms with Crippen LogP contribution in [-0.4, -0.2) is 50.2 Å². The molecule has 9 nitrogen and oxygen atoms in total. The number of alkyl halides is 1. The van der Waals surface area contributed by atoms with Crippen LogP contribution in [-0.2, 0) is 9.53 Å². The minimum absolute atomic E-state index is 0.102. The fourth-order valence-electron chi connectivity index (χ4n) is 3.18. The highest BCUT2D eigenvalue weighted by atomic mass is 35.5. The molecule has 1 aliphatic carbocycles. The topological polar surface area (TPSA) is 120 Å². The highest BCUT2D eigenvalue weighted by Gasteiger charge is 2.15. The van der Waals surface area contributed by atoms with Crippen molar-refractivity contribution in [2.75, 3.05) is 24.0 Å². The van der Waals surface area contributed by atoms with E-state index in [1.807, 2.05) is 24.3 Å². The Morgan fingerprint density at radius 2 is 2.30 bits per heavy atom. The molecular weight excluding hydrogens is 406 g/mol. The SMILES string of the molecule is COC1C=CC(=Nc2nc(N)c3ncn(-c4cccc(NC(=O)CCl)c4)c3n2)CC1. The third-order valence-corrected chi connectivity index (χ3v) is 4.92.